The summed E-state index contributed by atoms with van der Waals surface area (Å²) in [6, 6.07) is 5.18. The standard InChI is InChI=1S/C11H14Cl2N2O2/c1-6(15-5-10(16)11(14)17)7-2-3-8(12)9(13)4-7/h2-4,6,10,15-16H,5H2,1H3,(H2,14,17). The van der Waals surface area contributed by atoms with Crippen molar-refractivity contribution < 1.29 is 9.90 Å². The minimum atomic E-state index is -1.19. The fraction of sp³-hybridized carbons (Fsp3) is 0.364. The van der Waals surface area contributed by atoms with Crippen LogP contribution in [0, 0.1) is 0 Å². The van der Waals surface area contributed by atoms with Crippen molar-refractivity contribution in [2.75, 3.05) is 6.54 Å². The van der Waals surface area contributed by atoms with Crippen LogP contribution >= 0.6 is 23.2 Å². The van der Waals surface area contributed by atoms with Crippen molar-refractivity contribution in [3.05, 3.63) is 33.8 Å². The Bertz CT molecular complexity index is 412. The molecule has 0 aromatic heterocycles. The first-order valence-electron chi connectivity index (χ1n) is 5.07. The molecule has 17 heavy (non-hydrogen) atoms. The second kappa shape index (κ2) is 6.21. The number of primary amides is 1. The lowest BCUT2D eigenvalue weighted by molar-refractivity contribution is -0.125. The fourth-order valence-corrected chi connectivity index (χ4v) is 1.60. The Morgan fingerprint density at radius 3 is 2.65 bits per heavy atom. The average Bonchev–Trinajstić information content (AvgIpc) is 2.28. The van der Waals surface area contributed by atoms with Crippen molar-refractivity contribution in [3.63, 3.8) is 0 Å². The normalized spacial score (nSPS) is 14.4. The Kier molecular flexibility index (Phi) is 5.21. The van der Waals surface area contributed by atoms with Crippen molar-refractivity contribution in [2.24, 2.45) is 5.73 Å². The molecule has 0 aliphatic rings. The topological polar surface area (TPSA) is 75.3 Å². The summed E-state index contributed by atoms with van der Waals surface area (Å²) in [6.07, 6.45) is -1.19. The fourth-order valence-electron chi connectivity index (χ4n) is 1.29. The molecule has 4 nitrogen and oxygen atoms in total. The summed E-state index contributed by atoms with van der Waals surface area (Å²) in [7, 11) is 0. The van der Waals surface area contributed by atoms with Crippen LogP contribution in [-0.4, -0.2) is 23.7 Å². The van der Waals surface area contributed by atoms with Gasteiger partial charge in [0.25, 0.3) is 0 Å². The smallest absolute Gasteiger partial charge is 0.247 e. The van der Waals surface area contributed by atoms with Crippen LogP contribution in [-0.2, 0) is 4.79 Å². The Balaban J connectivity index is 2.60. The highest BCUT2D eigenvalue weighted by atomic mass is 35.5. The number of aliphatic hydroxyl groups excluding tert-OH is 1. The van der Waals surface area contributed by atoms with Crippen LogP contribution in [0.15, 0.2) is 18.2 Å². The first-order chi connectivity index (χ1) is 7.91. The summed E-state index contributed by atoms with van der Waals surface area (Å²) in [5.74, 6) is -0.751. The number of halogens is 2. The lowest BCUT2D eigenvalue weighted by Crippen LogP contribution is -2.38. The van der Waals surface area contributed by atoms with E-state index < -0.39 is 12.0 Å². The number of nitrogens with one attached hydrogen (secondary N) is 1. The van der Waals surface area contributed by atoms with Gasteiger partial charge in [0.1, 0.15) is 6.10 Å². The molecule has 4 N–H and O–H groups in total. The van der Waals surface area contributed by atoms with Gasteiger partial charge in [-0.25, -0.2) is 0 Å². The van der Waals surface area contributed by atoms with E-state index in [2.05, 4.69) is 5.32 Å². The molecule has 1 rings (SSSR count). The Morgan fingerprint density at radius 1 is 1.47 bits per heavy atom. The van der Waals surface area contributed by atoms with E-state index in [0.29, 0.717) is 10.0 Å². The number of nitrogens with two attached hydrogens (primary N) is 1. The molecule has 6 heteroatoms. The summed E-state index contributed by atoms with van der Waals surface area (Å²) < 4.78 is 0. The third-order valence-electron chi connectivity index (χ3n) is 2.39. The van der Waals surface area contributed by atoms with Crippen LogP contribution in [0.3, 0.4) is 0 Å². The van der Waals surface area contributed by atoms with E-state index >= 15 is 0 Å². The van der Waals surface area contributed by atoms with E-state index in [4.69, 9.17) is 28.9 Å². The van der Waals surface area contributed by atoms with Gasteiger partial charge in [-0.2, -0.15) is 0 Å². The molecule has 1 aromatic carbocycles. The molecule has 1 amide bonds. The average molecular weight is 277 g/mol. The van der Waals surface area contributed by atoms with Crippen molar-refractivity contribution in [2.45, 2.75) is 19.1 Å². The number of rotatable bonds is 5. The second-order valence-electron chi connectivity index (χ2n) is 3.72. The number of amides is 1. The first-order valence-corrected chi connectivity index (χ1v) is 5.83. The molecule has 0 saturated carbocycles. The summed E-state index contributed by atoms with van der Waals surface area (Å²) in [5, 5.41) is 13.2. The van der Waals surface area contributed by atoms with Gasteiger partial charge < -0.3 is 16.2 Å². The monoisotopic (exact) mass is 276 g/mol. The van der Waals surface area contributed by atoms with E-state index in [-0.39, 0.29) is 12.6 Å². The molecule has 0 spiro atoms. The van der Waals surface area contributed by atoms with Gasteiger partial charge in [0, 0.05) is 12.6 Å². The SMILES string of the molecule is CC(NCC(O)C(N)=O)c1ccc(Cl)c(Cl)c1. The zero-order chi connectivity index (χ0) is 13.0. The van der Waals surface area contributed by atoms with Crippen molar-refractivity contribution in [3.8, 4) is 0 Å². The van der Waals surface area contributed by atoms with E-state index in [0.717, 1.165) is 5.56 Å². The summed E-state index contributed by atoms with van der Waals surface area (Å²) in [4.78, 5) is 10.6. The van der Waals surface area contributed by atoms with Crippen LogP contribution < -0.4 is 11.1 Å². The van der Waals surface area contributed by atoms with Gasteiger partial charge in [-0.3, -0.25) is 4.79 Å². The van der Waals surface area contributed by atoms with Gasteiger partial charge in [0.15, 0.2) is 0 Å². The van der Waals surface area contributed by atoms with Crippen LogP contribution in [0.25, 0.3) is 0 Å². The van der Waals surface area contributed by atoms with Crippen molar-refractivity contribution in [1.29, 1.82) is 0 Å². The van der Waals surface area contributed by atoms with Crippen LogP contribution in [0.4, 0.5) is 0 Å². The third kappa shape index (κ3) is 4.16. The van der Waals surface area contributed by atoms with Crippen LogP contribution in [0.2, 0.25) is 10.0 Å². The zero-order valence-electron chi connectivity index (χ0n) is 9.28. The highest BCUT2D eigenvalue weighted by molar-refractivity contribution is 6.42. The summed E-state index contributed by atoms with van der Waals surface area (Å²) in [5.41, 5.74) is 5.85. The molecule has 0 aliphatic heterocycles. The quantitative estimate of drug-likeness (QED) is 0.763. The summed E-state index contributed by atoms with van der Waals surface area (Å²) in [6.45, 7) is 1.98. The molecule has 2 atom stereocenters. The van der Waals surface area contributed by atoms with Gasteiger partial charge in [-0.1, -0.05) is 29.3 Å². The van der Waals surface area contributed by atoms with Gasteiger partial charge in [0.2, 0.25) is 5.91 Å². The minimum absolute atomic E-state index is 0.0706. The number of carbonyl (C=O) groups is 1. The molecule has 0 heterocycles. The highest BCUT2D eigenvalue weighted by Gasteiger charge is 2.13. The highest BCUT2D eigenvalue weighted by Crippen LogP contribution is 2.25. The summed E-state index contributed by atoms with van der Waals surface area (Å²) >= 11 is 11.7. The third-order valence-corrected chi connectivity index (χ3v) is 3.13. The number of carbonyl (C=O) groups excluding carboxylic acids is 1. The number of hydrogen-bond donors (Lipinski definition) is 3. The molecule has 0 fully saturated rings. The Morgan fingerprint density at radius 2 is 2.12 bits per heavy atom. The largest absolute Gasteiger partial charge is 0.382 e. The maximum atomic E-state index is 10.6. The number of aliphatic hydroxyl groups is 1. The van der Waals surface area contributed by atoms with Gasteiger partial charge in [-0.15, -0.1) is 0 Å². The predicted octanol–water partition coefficient (Wildman–Crippen LogP) is 1.49. The van der Waals surface area contributed by atoms with E-state index in [1.807, 2.05) is 13.0 Å². The van der Waals surface area contributed by atoms with Gasteiger partial charge in [0.05, 0.1) is 10.0 Å². The lowest BCUT2D eigenvalue weighted by atomic mass is 10.1. The first kappa shape index (κ1) is 14.3. The zero-order valence-corrected chi connectivity index (χ0v) is 10.8. The lowest BCUT2D eigenvalue weighted by Gasteiger charge is -2.16. The van der Waals surface area contributed by atoms with Crippen molar-refractivity contribution >= 4 is 29.1 Å². The van der Waals surface area contributed by atoms with Crippen LogP contribution in [0.1, 0.15) is 18.5 Å². The van der Waals surface area contributed by atoms with Crippen LogP contribution in [0.5, 0.6) is 0 Å². The second-order valence-corrected chi connectivity index (χ2v) is 4.54. The van der Waals surface area contributed by atoms with Gasteiger partial charge >= 0.3 is 0 Å². The molecule has 1 aromatic rings. The molecular formula is C11H14Cl2N2O2. The minimum Gasteiger partial charge on any atom is -0.382 e. The number of benzene rings is 1. The van der Waals surface area contributed by atoms with E-state index in [1.54, 1.807) is 12.1 Å². The molecule has 0 saturated heterocycles. The molecular weight excluding hydrogens is 263 g/mol. The predicted molar refractivity (Wildman–Crippen MR) is 68.1 cm³/mol. The Hall–Kier alpha value is -0.810. The Labute approximate surface area is 110 Å². The van der Waals surface area contributed by atoms with Gasteiger partial charge in [-0.05, 0) is 24.6 Å². The molecule has 2 unspecified atom stereocenters. The van der Waals surface area contributed by atoms with E-state index in [1.165, 1.54) is 0 Å². The molecule has 0 bridgehead atoms. The van der Waals surface area contributed by atoms with E-state index in [9.17, 15) is 9.90 Å². The molecule has 94 valence electrons. The maximum Gasteiger partial charge on any atom is 0.247 e. The van der Waals surface area contributed by atoms with Crippen molar-refractivity contribution in [1.82, 2.24) is 5.32 Å². The maximum absolute atomic E-state index is 10.6. The number of hydrogen-bond acceptors (Lipinski definition) is 3. The molecule has 0 radical (unpaired) electrons. The molecule has 0 aliphatic carbocycles.